The van der Waals surface area contributed by atoms with Gasteiger partial charge in [0, 0.05) is 17.2 Å². The van der Waals surface area contributed by atoms with Crippen molar-refractivity contribution >= 4 is 17.5 Å². The predicted octanol–water partition coefficient (Wildman–Crippen LogP) is 0.397. The van der Waals surface area contributed by atoms with Crippen LogP contribution in [0.1, 0.15) is 47.8 Å². The highest BCUT2D eigenvalue weighted by atomic mass is 16.5. The zero-order chi connectivity index (χ0) is 20.7. The van der Waals surface area contributed by atoms with Gasteiger partial charge in [-0.15, -0.1) is 0 Å². The van der Waals surface area contributed by atoms with Gasteiger partial charge in [0.15, 0.2) is 5.78 Å². The summed E-state index contributed by atoms with van der Waals surface area (Å²) in [5.74, 6) is -4.53. The minimum Gasteiger partial charge on any atom is -0.508 e. The lowest BCUT2D eigenvalue weighted by molar-refractivity contribution is 0.00906. The fourth-order valence-electron chi connectivity index (χ4n) is 3.06. The first-order valence-corrected chi connectivity index (χ1v) is 8.15. The number of phenols is 3. The first-order valence-electron chi connectivity index (χ1n) is 8.15. The van der Waals surface area contributed by atoms with Crippen molar-refractivity contribution in [3.63, 3.8) is 0 Å². The number of ketones is 2. The smallest absolute Gasteiger partial charge is 0.342 e. The number of phenolic OH excluding ortho intramolecular Hbond substituents is 3. The minimum absolute atomic E-state index is 0.133. The van der Waals surface area contributed by atoms with Crippen LogP contribution in [0.15, 0.2) is 18.2 Å². The van der Waals surface area contributed by atoms with Crippen molar-refractivity contribution in [1.29, 1.82) is 0 Å². The number of hydrogen-bond acceptors (Lipinski definition) is 9. The van der Waals surface area contributed by atoms with Crippen LogP contribution in [0.5, 0.6) is 17.2 Å². The van der Waals surface area contributed by atoms with Crippen LogP contribution in [0.25, 0.3) is 0 Å². The molecule has 1 atom stereocenters. The molecule has 0 aromatic heterocycles. The molecule has 9 heteroatoms. The zero-order valence-corrected chi connectivity index (χ0v) is 14.6. The van der Waals surface area contributed by atoms with Crippen LogP contribution < -0.4 is 0 Å². The van der Waals surface area contributed by atoms with E-state index in [2.05, 4.69) is 0 Å². The van der Waals surface area contributed by atoms with Gasteiger partial charge in [-0.2, -0.15) is 0 Å². The lowest BCUT2D eigenvalue weighted by Gasteiger charge is -2.22. The quantitative estimate of drug-likeness (QED) is 0.398. The summed E-state index contributed by atoms with van der Waals surface area (Å²) in [6.07, 6.45) is -1.32. The van der Waals surface area contributed by atoms with E-state index in [9.17, 15) is 34.8 Å². The lowest BCUT2D eigenvalue weighted by atomic mass is 9.81. The molecule has 28 heavy (non-hydrogen) atoms. The van der Waals surface area contributed by atoms with Gasteiger partial charge in [-0.1, -0.05) is 0 Å². The van der Waals surface area contributed by atoms with E-state index in [1.807, 2.05) is 0 Å². The number of ether oxygens (including phenoxy) is 1. The Labute approximate surface area is 158 Å². The molecule has 5 N–H and O–H groups in total. The first-order chi connectivity index (χ1) is 13.2. The standard InChI is InChI=1S/C19H16O9/c1-7-2-10-15(17(25)13(7)19(27)28-6-9(22)5-20)18(26)14-11(16(10)24)3-8(21)4-12(14)23/h2-4,9,20-23,25H,5-6H2,1H3. The first kappa shape index (κ1) is 19.3. The number of benzene rings is 2. The van der Waals surface area contributed by atoms with Crippen molar-refractivity contribution in [2.45, 2.75) is 13.0 Å². The minimum atomic E-state index is -1.32. The molecule has 0 radical (unpaired) electrons. The largest absolute Gasteiger partial charge is 0.508 e. The summed E-state index contributed by atoms with van der Waals surface area (Å²) in [6.45, 7) is 0.228. The van der Waals surface area contributed by atoms with Crippen molar-refractivity contribution in [1.82, 2.24) is 0 Å². The van der Waals surface area contributed by atoms with Crippen molar-refractivity contribution in [3.8, 4) is 17.2 Å². The molecular formula is C19H16O9. The van der Waals surface area contributed by atoms with Gasteiger partial charge in [0.2, 0.25) is 5.78 Å². The Bertz CT molecular complexity index is 1020. The Morgan fingerprint density at radius 1 is 1.04 bits per heavy atom. The van der Waals surface area contributed by atoms with E-state index in [0.717, 1.165) is 12.1 Å². The average molecular weight is 388 g/mol. The summed E-state index contributed by atoms with van der Waals surface area (Å²) in [4.78, 5) is 37.8. The van der Waals surface area contributed by atoms with E-state index in [-0.39, 0.29) is 22.3 Å². The number of fused-ring (bicyclic) bond motifs is 2. The van der Waals surface area contributed by atoms with E-state index in [1.54, 1.807) is 0 Å². The Morgan fingerprint density at radius 2 is 1.68 bits per heavy atom. The Kier molecular flexibility index (Phi) is 4.80. The summed E-state index contributed by atoms with van der Waals surface area (Å²) < 4.78 is 4.82. The van der Waals surface area contributed by atoms with Crippen LogP contribution in [0.2, 0.25) is 0 Å². The van der Waals surface area contributed by atoms with E-state index in [4.69, 9.17) is 9.84 Å². The Hall–Kier alpha value is -3.43. The van der Waals surface area contributed by atoms with Crippen LogP contribution in [0, 0.1) is 6.92 Å². The van der Waals surface area contributed by atoms with Crippen LogP contribution in [0.4, 0.5) is 0 Å². The molecule has 0 saturated carbocycles. The highest BCUT2D eigenvalue weighted by Gasteiger charge is 2.37. The molecule has 9 nitrogen and oxygen atoms in total. The maximum atomic E-state index is 12.8. The topological polar surface area (TPSA) is 162 Å². The number of carbonyl (C=O) groups excluding carboxylic acids is 3. The number of aliphatic hydroxyl groups excluding tert-OH is 2. The third kappa shape index (κ3) is 2.96. The number of aryl methyl sites for hydroxylation is 1. The Balaban J connectivity index is 2.14. The monoisotopic (exact) mass is 388 g/mol. The number of carbonyl (C=O) groups is 3. The molecule has 1 aliphatic rings. The van der Waals surface area contributed by atoms with E-state index in [1.165, 1.54) is 13.0 Å². The number of aromatic hydroxyl groups is 3. The van der Waals surface area contributed by atoms with Crippen LogP contribution in [0.3, 0.4) is 0 Å². The van der Waals surface area contributed by atoms with Gasteiger partial charge in [0.1, 0.15) is 35.5 Å². The molecule has 0 spiro atoms. The summed E-state index contributed by atoms with van der Waals surface area (Å²) in [5, 5.41) is 48.2. The molecule has 0 bridgehead atoms. The number of hydrogen-bond donors (Lipinski definition) is 5. The summed E-state index contributed by atoms with van der Waals surface area (Å²) in [5.41, 5.74) is -1.54. The van der Waals surface area contributed by atoms with Crippen LogP contribution in [-0.4, -0.2) is 62.4 Å². The highest BCUT2D eigenvalue weighted by molar-refractivity contribution is 6.31. The molecule has 0 heterocycles. The third-order valence-corrected chi connectivity index (χ3v) is 4.37. The third-order valence-electron chi connectivity index (χ3n) is 4.37. The second-order valence-corrected chi connectivity index (χ2v) is 6.32. The maximum absolute atomic E-state index is 12.8. The second kappa shape index (κ2) is 6.95. The number of rotatable bonds is 4. The maximum Gasteiger partial charge on any atom is 0.342 e. The lowest BCUT2D eigenvalue weighted by Crippen LogP contribution is -2.25. The molecule has 0 fully saturated rings. The van der Waals surface area contributed by atoms with Gasteiger partial charge < -0.3 is 30.3 Å². The van der Waals surface area contributed by atoms with Gasteiger partial charge in [-0.3, -0.25) is 9.59 Å². The summed E-state index contributed by atoms with van der Waals surface area (Å²) >= 11 is 0. The van der Waals surface area contributed by atoms with Crippen molar-refractivity contribution < 1.29 is 44.7 Å². The van der Waals surface area contributed by atoms with Gasteiger partial charge in [-0.05, 0) is 24.6 Å². The summed E-state index contributed by atoms with van der Waals surface area (Å²) in [7, 11) is 0. The van der Waals surface area contributed by atoms with Crippen molar-refractivity contribution in [2.24, 2.45) is 0 Å². The molecule has 2 aromatic carbocycles. The van der Waals surface area contributed by atoms with E-state index in [0.29, 0.717) is 0 Å². The van der Waals surface area contributed by atoms with Crippen molar-refractivity contribution in [2.75, 3.05) is 13.2 Å². The zero-order valence-electron chi connectivity index (χ0n) is 14.6. The fraction of sp³-hybridized carbons (Fsp3) is 0.211. The molecule has 1 unspecified atom stereocenters. The molecule has 0 saturated heterocycles. The number of aliphatic hydroxyl groups is 2. The number of esters is 1. The molecule has 0 amide bonds. The average Bonchev–Trinajstić information content (AvgIpc) is 2.62. The van der Waals surface area contributed by atoms with Gasteiger partial charge in [0.25, 0.3) is 0 Å². The fourth-order valence-corrected chi connectivity index (χ4v) is 3.06. The molecular weight excluding hydrogens is 372 g/mol. The normalized spacial score (nSPS) is 13.7. The SMILES string of the molecule is Cc1cc2c(c(O)c1C(=O)OCC(O)CO)C(=O)c1c(O)cc(O)cc1C2=O. The van der Waals surface area contributed by atoms with Gasteiger partial charge in [-0.25, -0.2) is 4.79 Å². The molecule has 3 rings (SSSR count). The van der Waals surface area contributed by atoms with Crippen molar-refractivity contribution in [3.05, 3.63) is 51.6 Å². The molecule has 146 valence electrons. The summed E-state index contributed by atoms with van der Waals surface area (Å²) in [6, 6.07) is 3.13. The van der Waals surface area contributed by atoms with Gasteiger partial charge >= 0.3 is 5.97 Å². The van der Waals surface area contributed by atoms with Crippen LogP contribution in [-0.2, 0) is 4.74 Å². The van der Waals surface area contributed by atoms with Gasteiger partial charge in [0.05, 0.1) is 17.7 Å². The van der Waals surface area contributed by atoms with E-state index < -0.39 is 65.2 Å². The molecule has 2 aromatic rings. The van der Waals surface area contributed by atoms with E-state index >= 15 is 0 Å². The highest BCUT2D eigenvalue weighted by Crippen LogP contribution is 2.41. The molecule has 0 aliphatic heterocycles. The van der Waals surface area contributed by atoms with Crippen LogP contribution >= 0.6 is 0 Å². The predicted molar refractivity (Wildman–Crippen MR) is 92.9 cm³/mol. The molecule has 1 aliphatic carbocycles. The Morgan fingerprint density at radius 3 is 2.32 bits per heavy atom. The second-order valence-electron chi connectivity index (χ2n) is 6.32.